The van der Waals surface area contributed by atoms with E-state index < -0.39 is 0 Å². The van der Waals surface area contributed by atoms with Crippen molar-refractivity contribution in [3.63, 3.8) is 0 Å². The second-order valence-corrected chi connectivity index (χ2v) is 5.81. The summed E-state index contributed by atoms with van der Waals surface area (Å²) < 4.78 is 5.42. The molecule has 3 heteroatoms. The minimum absolute atomic E-state index is 0.0523. The molecule has 1 aromatic heterocycles. The van der Waals surface area contributed by atoms with Gasteiger partial charge < -0.3 is 9.32 Å². The minimum atomic E-state index is 0.0523. The van der Waals surface area contributed by atoms with Crippen LogP contribution >= 0.6 is 0 Å². The van der Waals surface area contributed by atoms with Gasteiger partial charge in [-0.3, -0.25) is 4.79 Å². The SMILES string of the molecule is Cc1ccc(/C=C/C(=O)N(CC(C)C)CC(C)C)o1. The lowest BCUT2D eigenvalue weighted by molar-refractivity contribution is -0.127. The van der Waals surface area contributed by atoms with Crippen molar-refractivity contribution in [3.05, 3.63) is 29.7 Å². The topological polar surface area (TPSA) is 33.5 Å². The predicted octanol–water partition coefficient (Wildman–Crippen LogP) is 3.74. The number of amides is 1. The molecule has 1 amide bonds. The van der Waals surface area contributed by atoms with Gasteiger partial charge in [-0.05, 0) is 37.0 Å². The molecule has 0 fully saturated rings. The summed E-state index contributed by atoms with van der Waals surface area (Å²) in [4.78, 5) is 14.1. The van der Waals surface area contributed by atoms with Gasteiger partial charge >= 0.3 is 0 Å². The van der Waals surface area contributed by atoms with Crippen LogP contribution in [0.15, 0.2) is 22.6 Å². The summed E-state index contributed by atoms with van der Waals surface area (Å²) in [5.74, 6) is 2.58. The molecule has 0 aliphatic carbocycles. The van der Waals surface area contributed by atoms with Gasteiger partial charge in [-0.2, -0.15) is 0 Å². The summed E-state index contributed by atoms with van der Waals surface area (Å²) in [5.41, 5.74) is 0. The number of hydrogen-bond donors (Lipinski definition) is 0. The minimum Gasteiger partial charge on any atom is -0.462 e. The van der Waals surface area contributed by atoms with Gasteiger partial charge in [0.25, 0.3) is 0 Å². The van der Waals surface area contributed by atoms with Gasteiger partial charge in [0.1, 0.15) is 11.5 Å². The van der Waals surface area contributed by atoms with Crippen molar-refractivity contribution >= 4 is 12.0 Å². The van der Waals surface area contributed by atoms with Crippen LogP contribution in [0.5, 0.6) is 0 Å². The fourth-order valence-corrected chi connectivity index (χ4v) is 1.94. The molecule has 0 atom stereocenters. The lowest BCUT2D eigenvalue weighted by atomic mass is 10.1. The number of nitrogens with zero attached hydrogens (tertiary/aromatic N) is 1. The van der Waals surface area contributed by atoms with E-state index in [0.29, 0.717) is 11.8 Å². The van der Waals surface area contributed by atoms with E-state index in [1.165, 1.54) is 0 Å². The highest BCUT2D eigenvalue weighted by Gasteiger charge is 2.13. The van der Waals surface area contributed by atoms with Gasteiger partial charge in [-0.25, -0.2) is 0 Å². The van der Waals surface area contributed by atoms with Gasteiger partial charge in [0.05, 0.1) is 0 Å². The Kier molecular flexibility index (Phi) is 5.87. The summed E-state index contributed by atoms with van der Waals surface area (Å²) >= 11 is 0. The molecule has 0 aromatic carbocycles. The fraction of sp³-hybridized carbons (Fsp3) is 0.562. The molecule has 3 nitrogen and oxygen atoms in total. The van der Waals surface area contributed by atoms with E-state index in [2.05, 4.69) is 27.7 Å². The fourth-order valence-electron chi connectivity index (χ4n) is 1.94. The molecule has 0 radical (unpaired) electrons. The molecule has 0 saturated carbocycles. The normalized spacial score (nSPS) is 11.7. The van der Waals surface area contributed by atoms with Crippen molar-refractivity contribution in [1.82, 2.24) is 4.90 Å². The number of aryl methyl sites for hydroxylation is 1. The summed E-state index contributed by atoms with van der Waals surface area (Å²) in [6.07, 6.45) is 3.34. The van der Waals surface area contributed by atoms with Crippen molar-refractivity contribution in [3.8, 4) is 0 Å². The quantitative estimate of drug-likeness (QED) is 0.732. The summed E-state index contributed by atoms with van der Waals surface area (Å²) in [6, 6.07) is 3.76. The molecule has 1 heterocycles. The number of carbonyl (C=O) groups is 1. The van der Waals surface area contributed by atoms with E-state index in [9.17, 15) is 4.79 Å². The number of rotatable bonds is 6. The van der Waals surface area contributed by atoms with Crippen molar-refractivity contribution in [1.29, 1.82) is 0 Å². The first kappa shape index (κ1) is 15.5. The second kappa shape index (κ2) is 7.17. The van der Waals surface area contributed by atoms with E-state index in [1.54, 1.807) is 12.2 Å². The monoisotopic (exact) mass is 263 g/mol. The number of furan rings is 1. The van der Waals surface area contributed by atoms with Gasteiger partial charge in [0.15, 0.2) is 0 Å². The van der Waals surface area contributed by atoms with Crippen LogP contribution in [-0.2, 0) is 4.79 Å². The lowest BCUT2D eigenvalue weighted by Gasteiger charge is -2.25. The zero-order valence-electron chi connectivity index (χ0n) is 12.6. The van der Waals surface area contributed by atoms with Crippen molar-refractivity contribution < 1.29 is 9.21 Å². The molecular formula is C16H25NO2. The number of carbonyl (C=O) groups excluding carboxylic acids is 1. The molecule has 106 valence electrons. The zero-order valence-corrected chi connectivity index (χ0v) is 12.6. The Morgan fingerprint density at radius 1 is 1.21 bits per heavy atom. The molecule has 1 rings (SSSR count). The molecule has 1 aromatic rings. The van der Waals surface area contributed by atoms with E-state index in [0.717, 1.165) is 24.6 Å². The third-order valence-electron chi connectivity index (χ3n) is 2.63. The van der Waals surface area contributed by atoms with Crippen LogP contribution in [0.1, 0.15) is 39.2 Å². The predicted molar refractivity (Wildman–Crippen MR) is 78.7 cm³/mol. The zero-order chi connectivity index (χ0) is 14.4. The van der Waals surface area contributed by atoms with E-state index >= 15 is 0 Å². The molecule has 0 spiro atoms. The van der Waals surface area contributed by atoms with Gasteiger partial charge in [-0.1, -0.05) is 27.7 Å². The average Bonchev–Trinajstić information content (AvgIpc) is 2.70. The van der Waals surface area contributed by atoms with E-state index in [1.807, 2.05) is 24.0 Å². The van der Waals surface area contributed by atoms with Crippen LogP contribution in [0, 0.1) is 18.8 Å². The Hall–Kier alpha value is -1.51. The Bertz CT molecular complexity index is 420. The van der Waals surface area contributed by atoms with Crippen molar-refractivity contribution in [2.24, 2.45) is 11.8 Å². The van der Waals surface area contributed by atoms with Crippen LogP contribution < -0.4 is 0 Å². The smallest absolute Gasteiger partial charge is 0.246 e. The van der Waals surface area contributed by atoms with Gasteiger partial charge in [0.2, 0.25) is 5.91 Å². The summed E-state index contributed by atoms with van der Waals surface area (Å²) in [5, 5.41) is 0. The molecule has 19 heavy (non-hydrogen) atoms. The Balaban J connectivity index is 2.67. The first-order valence-corrected chi connectivity index (χ1v) is 6.92. The average molecular weight is 263 g/mol. The molecule has 0 bridgehead atoms. The third-order valence-corrected chi connectivity index (χ3v) is 2.63. The maximum atomic E-state index is 12.2. The highest BCUT2D eigenvalue weighted by Crippen LogP contribution is 2.10. The summed E-state index contributed by atoms with van der Waals surface area (Å²) in [6.45, 7) is 12.0. The van der Waals surface area contributed by atoms with E-state index in [4.69, 9.17) is 4.42 Å². The maximum Gasteiger partial charge on any atom is 0.246 e. The first-order chi connectivity index (χ1) is 8.88. The molecule has 0 aliphatic heterocycles. The van der Waals surface area contributed by atoms with Crippen molar-refractivity contribution in [2.45, 2.75) is 34.6 Å². The molecular weight excluding hydrogens is 238 g/mol. The van der Waals surface area contributed by atoms with Gasteiger partial charge in [-0.15, -0.1) is 0 Å². The maximum absolute atomic E-state index is 12.2. The standard InChI is InChI=1S/C16H25NO2/c1-12(2)10-17(11-13(3)4)16(18)9-8-15-7-6-14(5)19-15/h6-9,12-13H,10-11H2,1-5H3/b9-8+. The Morgan fingerprint density at radius 3 is 2.21 bits per heavy atom. The van der Waals surface area contributed by atoms with Crippen LogP contribution in [0.2, 0.25) is 0 Å². The van der Waals surface area contributed by atoms with Crippen molar-refractivity contribution in [2.75, 3.05) is 13.1 Å². The second-order valence-electron chi connectivity index (χ2n) is 5.81. The van der Waals surface area contributed by atoms with Crippen LogP contribution in [-0.4, -0.2) is 23.9 Å². The molecule has 0 saturated heterocycles. The highest BCUT2D eigenvalue weighted by atomic mass is 16.3. The van der Waals surface area contributed by atoms with Crippen LogP contribution in [0.4, 0.5) is 0 Å². The largest absolute Gasteiger partial charge is 0.462 e. The Labute approximate surface area is 116 Å². The van der Waals surface area contributed by atoms with E-state index in [-0.39, 0.29) is 5.91 Å². The first-order valence-electron chi connectivity index (χ1n) is 6.92. The van der Waals surface area contributed by atoms with Gasteiger partial charge in [0, 0.05) is 19.2 Å². The molecule has 0 N–H and O–H groups in total. The van der Waals surface area contributed by atoms with Crippen LogP contribution in [0.3, 0.4) is 0 Å². The third kappa shape index (κ3) is 5.77. The molecule has 0 aliphatic rings. The van der Waals surface area contributed by atoms with Crippen LogP contribution in [0.25, 0.3) is 6.08 Å². The Morgan fingerprint density at radius 2 is 1.79 bits per heavy atom. The number of hydrogen-bond acceptors (Lipinski definition) is 2. The highest BCUT2D eigenvalue weighted by molar-refractivity contribution is 5.91. The summed E-state index contributed by atoms with van der Waals surface area (Å²) in [7, 11) is 0. The molecule has 0 unspecified atom stereocenters. The lowest BCUT2D eigenvalue weighted by Crippen LogP contribution is -2.35.